The third-order valence-corrected chi connectivity index (χ3v) is 1.88. The van der Waals surface area contributed by atoms with Gasteiger partial charge in [0.25, 0.3) is 0 Å². The Bertz CT molecular complexity index is 435. The van der Waals surface area contributed by atoms with Crippen LogP contribution in [0, 0.1) is 0 Å². The highest BCUT2D eigenvalue weighted by Gasteiger charge is 2.17. The predicted molar refractivity (Wildman–Crippen MR) is 40.1 cm³/mol. The SMILES string of the molecule is c1cc2nocc2c2c1OCO2. The summed E-state index contributed by atoms with van der Waals surface area (Å²) in [7, 11) is 0. The zero-order chi connectivity index (χ0) is 7.97. The molecule has 0 atom stereocenters. The number of ether oxygens (including phenoxy) is 2. The number of benzene rings is 1. The fraction of sp³-hybridized carbons (Fsp3) is 0.125. The van der Waals surface area contributed by atoms with Gasteiger partial charge in [-0.25, -0.2) is 0 Å². The van der Waals surface area contributed by atoms with Crippen LogP contribution in [0.25, 0.3) is 10.9 Å². The Balaban J connectivity index is 2.46. The molecule has 12 heavy (non-hydrogen) atoms. The summed E-state index contributed by atoms with van der Waals surface area (Å²) in [6.45, 7) is 0.277. The molecular weight excluding hydrogens is 158 g/mol. The van der Waals surface area contributed by atoms with Gasteiger partial charge in [-0.05, 0) is 12.1 Å². The molecule has 0 amide bonds. The van der Waals surface area contributed by atoms with Gasteiger partial charge in [-0.15, -0.1) is 0 Å². The summed E-state index contributed by atoms with van der Waals surface area (Å²) in [6.07, 6.45) is 1.56. The molecule has 3 rings (SSSR count). The zero-order valence-electron chi connectivity index (χ0n) is 6.11. The second-order valence-electron chi connectivity index (χ2n) is 2.55. The van der Waals surface area contributed by atoms with E-state index in [1.807, 2.05) is 12.1 Å². The van der Waals surface area contributed by atoms with Crippen LogP contribution in [-0.2, 0) is 0 Å². The third-order valence-electron chi connectivity index (χ3n) is 1.88. The number of nitrogens with zero attached hydrogens (tertiary/aromatic N) is 1. The number of rotatable bonds is 0. The van der Waals surface area contributed by atoms with Gasteiger partial charge in [-0.2, -0.15) is 0 Å². The van der Waals surface area contributed by atoms with E-state index >= 15 is 0 Å². The summed E-state index contributed by atoms with van der Waals surface area (Å²) in [5.41, 5.74) is 0.791. The molecule has 0 bridgehead atoms. The van der Waals surface area contributed by atoms with Gasteiger partial charge in [-0.1, -0.05) is 5.16 Å². The van der Waals surface area contributed by atoms with Crippen molar-refractivity contribution in [2.45, 2.75) is 0 Å². The van der Waals surface area contributed by atoms with Crippen molar-refractivity contribution in [2.24, 2.45) is 0 Å². The molecule has 0 N–H and O–H groups in total. The molecule has 0 aliphatic carbocycles. The lowest BCUT2D eigenvalue weighted by Gasteiger charge is -1.93. The van der Waals surface area contributed by atoms with E-state index in [1.165, 1.54) is 0 Å². The Morgan fingerprint density at radius 2 is 2.25 bits per heavy atom. The summed E-state index contributed by atoms with van der Waals surface area (Å²) in [6, 6.07) is 3.67. The smallest absolute Gasteiger partial charge is 0.231 e. The molecule has 1 aromatic carbocycles. The van der Waals surface area contributed by atoms with Crippen LogP contribution in [0.5, 0.6) is 11.5 Å². The van der Waals surface area contributed by atoms with Crippen molar-refractivity contribution in [3.63, 3.8) is 0 Å². The van der Waals surface area contributed by atoms with Gasteiger partial charge in [0, 0.05) is 0 Å². The predicted octanol–water partition coefficient (Wildman–Crippen LogP) is 1.56. The zero-order valence-corrected chi connectivity index (χ0v) is 6.11. The van der Waals surface area contributed by atoms with Crippen LogP contribution in [0.2, 0.25) is 0 Å². The van der Waals surface area contributed by atoms with Crippen LogP contribution in [0.15, 0.2) is 22.9 Å². The Kier molecular flexibility index (Phi) is 0.935. The first kappa shape index (κ1) is 5.88. The van der Waals surface area contributed by atoms with Gasteiger partial charge in [-0.3, -0.25) is 0 Å². The fourth-order valence-corrected chi connectivity index (χ4v) is 1.31. The highest BCUT2D eigenvalue weighted by atomic mass is 16.7. The Morgan fingerprint density at radius 3 is 3.25 bits per heavy atom. The second kappa shape index (κ2) is 1.91. The molecule has 0 saturated heterocycles. The normalized spacial score (nSPS) is 14.0. The van der Waals surface area contributed by atoms with Crippen LogP contribution in [0.1, 0.15) is 0 Å². The first-order valence-corrected chi connectivity index (χ1v) is 3.58. The van der Waals surface area contributed by atoms with Crippen molar-refractivity contribution >= 4 is 10.9 Å². The molecule has 2 heterocycles. The topological polar surface area (TPSA) is 44.5 Å². The standard InChI is InChI=1S/C8H5NO3/c1-2-7-8(11-4-10-7)5-3-12-9-6(1)5/h1-3H,4H2. The average molecular weight is 163 g/mol. The van der Waals surface area contributed by atoms with Crippen molar-refractivity contribution in [3.8, 4) is 11.5 Å². The molecule has 1 aliphatic heterocycles. The van der Waals surface area contributed by atoms with Gasteiger partial charge in [0.15, 0.2) is 11.5 Å². The van der Waals surface area contributed by atoms with Crippen molar-refractivity contribution in [3.05, 3.63) is 18.4 Å². The number of hydrogen-bond donors (Lipinski definition) is 0. The first-order valence-electron chi connectivity index (χ1n) is 3.58. The average Bonchev–Trinajstić information content (AvgIpc) is 2.71. The third kappa shape index (κ3) is 0.592. The van der Waals surface area contributed by atoms with Crippen LogP contribution < -0.4 is 9.47 Å². The molecule has 1 aromatic heterocycles. The van der Waals surface area contributed by atoms with Crippen LogP contribution in [0.4, 0.5) is 0 Å². The van der Waals surface area contributed by atoms with E-state index < -0.39 is 0 Å². The molecule has 4 heteroatoms. The number of aromatic nitrogens is 1. The lowest BCUT2D eigenvalue weighted by Crippen LogP contribution is -1.93. The van der Waals surface area contributed by atoms with E-state index in [4.69, 9.17) is 14.0 Å². The molecule has 4 nitrogen and oxygen atoms in total. The van der Waals surface area contributed by atoms with Gasteiger partial charge in [0.2, 0.25) is 6.79 Å². The molecule has 0 spiro atoms. The lowest BCUT2D eigenvalue weighted by atomic mass is 10.2. The molecular formula is C8H5NO3. The minimum absolute atomic E-state index is 0.277. The Morgan fingerprint density at radius 1 is 1.25 bits per heavy atom. The number of hydrogen-bond acceptors (Lipinski definition) is 4. The summed E-state index contributed by atoms with van der Waals surface area (Å²) in [5.74, 6) is 1.49. The van der Waals surface area contributed by atoms with Gasteiger partial charge in [0.1, 0.15) is 11.8 Å². The van der Waals surface area contributed by atoms with Crippen LogP contribution >= 0.6 is 0 Å². The molecule has 60 valence electrons. The minimum Gasteiger partial charge on any atom is -0.454 e. The van der Waals surface area contributed by atoms with Crippen molar-refractivity contribution < 1.29 is 14.0 Å². The van der Waals surface area contributed by atoms with Crippen molar-refractivity contribution in [1.82, 2.24) is 5.16 Å². The van der Waals surface area contributed by atoms with E-state index in [0.29, 0.717) is 0 Å². The van der Waals surface area contributed by atoms with Crippen LogP contribution in [0.3, 0.4) is 0 Å². The minimum atomic E-state index is 0.277. The molecule has 2 aromatic rings. The van der Waals surface area contributed by atoms with Crippen molar-refractivity contribution in [2.75, 3.05) is 6.79 Å². The molecule has 0 radical (unpaired) electrons. The molecule has 0 unspecified atom stereocenters. The number of fused-ring (bicyclic) bond motifs is 3. The quantitative estimate of drug-likeness (QED) is 0.591. The van der Waals surface area contributed by atoms with E-state index in [0.717, 1.165) is 22.4 Å². The van der Waals surface area contributed by atoms with E-state index in [2.05, 4.69) is 5.16 Å². The Labute approximate surface area is 67.7 Å². The maximum atomic E-state index is 5.25. The highest BCUT2D eigenvalue weighted by molar-refractivity contribution is 5.87. The van der Waals surface area contributed by atoms with Gasteiger partial charge in [0.05, 0.1) is 5.39 Å². The maximum Gasteiger partial charge on any atom is 0.231 e. The largest absolute Gasteiger partial charge is 0.454 e. The fourth-order valence-electron chi connectivity index (χ4n) is 1.31. The first-order chi connectivity index (χ1) is 5.95. The van der Waals surface area contributed by atoms with E-state index in [-0.39, 0.29) is 6.79 Å². The van der Waals surface area contributed by atoms with Crippen molar-refractivity contribution in [1.29, 1.82) is 0 Å². The van der Waals surface area contributed by atoms with Gasteiger partial charge >= 0.3 is 0 Å². The highest BCUT2D eigenvalue weighted by Crippen LogP contribution is 2.38. The summed E-state index contributed by atoms with van der Waals surface area (Å²) >= 11 is 0. The molecule has 0 saturated carbocycles. The maximum absolute atomic E-state index is 5.25. The molecule has 1 aliphatic rings. The summed E-state index contributed by atoms with van der Waals surface area (Å²) in [5, 5.41) is 4.65. The monoisotopic (exact) mass is 163 g/mol. The summed E-state index contributed by atoms with van der Waals surface area (Å²) in [4.78, 5) is 0. The summed E-state index contributed by atoms with van der Waals surface area (Å²) < 4.78 is 15.2. The molecule has 0 fully saturated rings. The van der Waals surface area contributed by atoms with Crippen LogP contribution in [-0.4, -0.2) is 11.9 Å². The van der Waals surface area contributed by atoms with Gasteiger partial charge < -0.3 is 14.0 Å². The Hall–Kier alpha value is -1.71. The lowest BCUT2D eigenvalue weighted by molar-refractivity contribution is 0.174. The second-order valence-corrected chi connectivity index (χ2v) is 2.55. The van der Waals surface area contributed by atoms with E-state index in [1.54, 1.807) is 6.26 Å². The van der Waals surface area contributed by atoms with E-state index in [9.17, 15) is 0 Å².